The first-order valence-electron chi connectivity index (χ1n) is 5.81. The van der Waals surface area contributed by atoms with Crippen molar-refractivity contribution in [2.75, 3.05) is 30.3 Å². The fraction of sp³-hybridized carbons (Fsp3) is 0.364. The molecule has 1 aromatic carbocycles. The summed E-state index contributed by atoms with van der Waals surface area (Å²) in [5.41, 5.74) is 6.68. The molecule has 1 aliphatic rings. The molecule has 19 heavy (non-hydrogen) atoms. The third-order valence-electron chi connectivity index (χ3n) is 2.92. The van der Waals surface area contributed by atoms with E-state index < -0.39 is 10.0 Å². The molecular weight excluding hydrogens is 268 g/mol. The topological polar surface area (TPSA) is 119 Å². The number of hydrogen-bond donors (Lipinski definition) is 3. The van der Waals surface area contributed by atoms with Crippen LogP contribution >= 0.6 is 0 Å². The summed E-state index contributed by atoms with van der Waals surface area (Å²) >= 11 is 0. The number of nitrogen functional groups attached to an aromatic ring is 1. The van der Waals surface area contributed by atoms with Gasteiger partial charge in [-0.1, -0.05) is 0 Å². The fourth-order valence-electron chi connectivity index (χ4n) is 1.98. The van der Waals surface area contributed by atoms with Crippen LogP contribution in [0.2, 0.25) is 0 Å². The second kappa shape index (κ2) is 5.06. The van der Waals surface area contributed by atoms with Crippen LogP contribution in [0.15, 0.2) is 23.1 Å². The zero-order chi connectivity index (χ0) is 14.0. The second-order valence-corrected chi connectivity index (χ2v) is 5.95. The van der Waals surface area contributed by atoms with Crippen molar-refractivity contribution in [2.24, 2.45) is 5.14 Å². The number of rotatable bonds is 2. The Bertz CT molecular complexity index is 600. The molecule has 104 valence electrons. The molecule has 1 fully saturated rings. The van der Waals surface area contributed by atoms with Crippen LogP contribution in [-0.4, -0.2) is 34.0 Å². The van der Waals surface area contributed by atoms with E-state index in [0.29, 0.717) is 37.4 Å². The Morgan fingerprint density at radius 2 is 1.95 bits per heavy atom. The normalized spacial score (nSPS) is 16.9. The highest BCUT2D eigenvalue weighted by Crippen LogP contribution is 2.23. The van der Waals surface area contributed by atoms with Crippen molar-refractivity contribution in [3.63, 3.8) is 0 Å². The van der Waals surface area contributed by atoms with Gasteiger partial charge in [-0.15, -0.1) is 0 Å². The Kier molecular flexibility index (Phi) is 3.63. The van der Waals surface area contributed by atoms with E-state index in [1.807, 2.05) is 4.90 Å². The molecule has 0 saturated carbocycles. The molecular formula is C11H16N4O3S. The monoisotopic (exact) mass is 284 g/mol. The zero-order valence-corrected chi connectivity index (χ0v) is 11.1. The molecule has 0 aliphatic carbocycles. The van der Waals surface area contributed by atoms with Crippen LogP contribution in [0.4, 0.5) is 11.4 Å². The summed E-state index contributed by atoms with van der Waals surface area (Å²) in [5.74, 6) is -0.0157. The van der Waals surface area contributed by atoms with Crippen molar-refractivity contribution in [2.45, 2.75) is 11.3 Å². The molecule has 8 heteroatoms. The Morgan fingerprint density at radius 3 is 2.63 bits per heavy atom. The van der Waals surface area contributed by atoms with Crippen molar-refractivity contribution < 1.29 is 13.2 Å². The maximum absolute atomic E-state index is 11.4. The fourth-order valence-corrected chi connectivity index (χ4v) is 2.56. The molecule has 0 bridgehead atoms. The minimum absolute atomic E-state index is 0.0157. The lowest BCUT2D eigenvalue weighted by molar-refractivity contribution is -0.120. The Labute approximate surface area is 111 Å². The van der Waals surface area contributed by atoms with Crippen LogP contribution in [0, 0.1) is 0 Å². The highest BCUT2D eigenvalue weighted by Gasteiger charge is 2.17. The molecule has 2 rings (SSSR count). The van der Waals surface area contributed by atoms with Gasteiger partial charge in [-0.2, -0.15) is 0 Å². The van der Waals surface area contributed by atoms with Gasteiger partial charge in [-0.3, -0.25) is 4.79 Å². The average molecular weight is 284 g/mol. The minimum Gasteiger partial charge on any atom is -0.399 e. The van der Waals surface area contributed by atoms with Crippen LogP contribution in [0.3, 0.4) is 0 Å². The summed E-state index contributed by atoms with van der Waals surface area (Å²) in [5, 5.41) is 7.86. The SMILES string of the molecule is Nc1cc(N2CCNC(=O)CC2)cc(S(N)(=O)=O)c1. The van der Waals surface area contributed by atoms with Crippen LogP contribution in [0.1, 0.15) is 6.42 Å². The van der Waals surface area contributed by atoms with Crippen LogP contribution in [-0.2, 0) is 14.8 Å². The number of sulfonamides is 1. The van der Waals surface area contributed by atoms with Crippen LogP contribution in [0.25, 0.3) is 0 Å². The predicted molar refractivity (Wildman–Crippen MR) is 72.1 cm³/mol. The third-order valence-corrected chi connectivity index (χ3v) is 3.81. The molecule has 1 saturated heterocycles. The van der Waals surface area contributed by atoms with Gasteiger partial charge in [0.25, 0.3) is 0 Å². The van der Waals surface area contributed by atoms with Gasteiger partial charge in [0.2, 0.25) is 15.9 Å². The Balaban J connectivity index is 2.34. The highest BCUT2D eigenvalue weighted by atomic mass is 32.2. The molecule has 0 spiro atoms. The standard InChI is InChI=1S/C11H16N4O3S/c12-8-5-9(7-10(6-8)19(13,17)18)15-3-1-11(16)14-2-4-15/h5-7H,1-4,12H2,(H,14,16)(H2,13,17,18). The number of benzene rings is 1. The smallest absolute Gasteiger partial charge is 0.238 e. The van der Waals surface area contributed by atoms with E-state index >= 15 is 0 Å². The molecule has 0 atom stereocenters. The van der Waals surface area contributed by atoms with E-state index in [4.69, 9.17) is 10.9 Å². The highest BCUT2D eigenvalue weighted by molar-refractivity contribution is 7.89. The molecule has 1 aromatic rings. The lowest BCUT2D eigenvalue weighted by Gasteiger charge is -2.22. The van der Waals surface area contributed by atoms with Gasteiger partial charge >= 0.3 is 0 Å². The molecule has 0 unspecified atom stereocenters. The van der Waals surface area contributed by atoms with Gasteiger partial charge in [0.05, 0.1) is 4.90 Å². The van der Waals surface area contributed by atoms with Gasteiger partial charge in [-0.25, -0.2) is 13.6 Å². The van der Waals surface area contributed by atoms with Gasteiger partial charge in [0, 0.05) is 37.4 Å². The quantitative estimate of drug-likeness (QED) is 0.617. The zero-order valence-electron chi connectivity index (χ0n) is 10.3. The molecule has 0 radical (unpaired) electrons. The molecule has 5 N–H and O–H groups in total. The summed E-state index contributed by atoms with van der Waals surface area (Å²) in [6.45, 7) is 1.62. The first kappa shape index (κ1) is 13.6. The van der Waals surface area contributed by atoms with Crippen molar-refractivity contribution in [1.82, 2.24) is 5.32 Å². The van der Waals surface area contributed by atoms with Gasteiger partial charge in [-0.05, 0) is 18.2 Å². The molecule has 7 nitrogen and oxygen atoms in total. The largest absolute Gasteiger partial charge is 0.399 e. The molecule has 1 amide bonds. The van der Waals surface area contributed by atoms with Crippen molar-refractivity contribution in [3.05, 3.63) is 18.2 Å². The number of nitrogens with two attached hydrogens (primary N) is 2. The number of carbonyl (C=O) groups excluding carboxylic acids is 1. The van der Waals surface area contributed by atoms with Gasteiger partial charge in [0.15, 0.2) is 0 Å². The molecule has 0 aromatic heterocycles. The van der Waals surface area contributed by atoms with Gasteiger partial charge in [0.1, 0.15) is 0 Å². The van der Waals surface area contributed by atoms with Crippen molar-refractivity contribution >= 4 is 27.3 Å². The summed E-state index contributed by atoms with van der Waals surface area (Å²) in [7, 11) is -3.80. The summed E-state index contributed by atoms with van der Waals surface area (Å²) in [6.07, 6.45) is 0.361. The third kappa shape index (κ3) is 3.36. The van der Waals surface area contributed by atoms with Crippen LogP contribution < -0.4 is 21.1 Å². The first-order chi connectivity index (χ1) is 8.86. The number of anilines is 2. The summed E-state index contributed by atoms with van der Waals surface area (Å²) in [4.78, 5) is 13.2. The molecule has 1 aliphatic heterocycles. The lowest BCUT2D eigenvalue weighted by atomic mass is 10.2. The van der Waals surface area contributed by atoms with E-state index in [1.54, 1.807) is 6.07 Å². The lowest BCUT2D eigenvalue weighted by Crippen LogP contribution is -2.28. The number of hydrogen-bond acceptors (Lipinski definition) is 5. The maximum atomic E-state index is 11.4. The van der Waals surface area contributed by atoms with E-state index in [2.05, 4.69) is 5.32 Å². The number of primary sulfonamides is 1. The van der Waals surface area contributed by atoms with Crippen LogP contribution in [0.5, 0.6) is 0 Å². The maximum Gasteiger partial charge on any atom is 0.238 e. The molecule has 1 heterocycles. The number of nitrogens with zero attached hydrogens (tertiary/aromatic N) is 1. The van der Waals surface area contributed by atoms with E-state index in [9.17, 15) is 13.2 Å². The number of nitrogens with one attached hydrogen (secondary N) is 1. The Morgan fingerprint density at radius 1 is 1.21 bits per heavy atom. The van der Waals surface area contributed by atoms with E-state index in [0.717, 1.165) is 0 Å². The van der Waals surface area contributed by atoms with E-state index in [-0.39, 0.29) is 10.8 Å². The number of amides is 1. The van der Waals surface area contributed by atoms with Crippen molar-refractivity contribution in [3.8, 4) is 0 Å². The van der Waals surface area contributed by atoms with E-state index in [1.165, 1.54) is 12.1 Å². The van der Waals surface area contributed by atoms with Crippen molar-refractivity contribution in [1.29, 1.82) is 0 Å². The first-order valence-corrected chi connectivity index (χ1v) is 7.36. The number of carbonyl (C=O) groups is 1. The van der Waals surface area contributed by atoms with Gasteiger partial charge < -0.3 is 16.0 Å². The average Bonchev–Trinajstić information content (AvgIpc) is 2.52. The summed E-state index contributed by atoms with van der Waals surface area (Å²) < 4.78 is 22.8. The second-order valence-electron chi connectivity index (χ2n) is 4.39. The predicted octanol–water partition coefficient (Wildman–Crippen LogP) is -0.757. The Hall–Kier alpha value is -1.80. The summed E-state index contributed by atoms with van der Waals surface area (Å²) in [6, 6.07) is 4.46. The minimum atomic E-state index is -3.80.